The number of hydrogen-bond donors (Lipinski definition) is 2. The SMILES string of the molecule is Cc1ccc(S(=O)(=O)NCC(=O)CNS(=O)(=O)c2ccc(C)cc2)cc1. The van der Waals surface area contributed by atoms with Gasteiger partial charge in [0.25, 0.3) is 0 Å². The quantitative estimate of drug-likeness (QED) is 0.695. The minimum atomic E-state index is -3.83. The number of hydrogen-bond acceptors (Lipinski definition) is 5. The van der Waals surface area contributed by atoms with Crippen LogP contribution in [0.1, 0.15) is 11.1 Å². The van der Waals surface area contributed by atoms with Gasteiger partial charge in [0.15, 0.2) is 5.78 Å². The van der Waals surface area contributed by atoms with Gasteiger partial charge in [0.05, 0.1) is 22.9 Å². The summed E-state index contributed by atoms with van der Waals surface area (Å²) in [5, 5.41) is 0. The van der Waals surface area contributed by atoms with Gasteiger partial charge in [0.1, 0.15) is 0 Å². The van der Waals surface area contributed by atoms with Gasteiger partial charge in [-0.3, -0.25) is 4.79 Å². The van der Waals surface area contributed by atoms with E-state index in [0.29, 0.717) is 0 Å². The van der Waals surface area contributed by atoms with Crippen LogP contribution in [-0.4, -0.2) is 35.7 Å². The summed E-state index contributed by atoms with van der Waals surface area (Å²) >= 11 is 0. The molecule has 0 amide bonds. The fourth-order valence-corrected chi connectivity index (χ4v) is 4.04. The average Bonchev–Trinajstić information content (AvgIpc) is 2.59. The number of Topliss-reactive ketones (excluding diaryl/α,β-unsaturated/α-hetero) is 1. The molecule has 0 heterocycles. The van der Waals surface area contributed by atoms with Gasteiger partial charge in [-0.05, 0) is 38.1 Å². The molecule has 2 N–H and O–H groups in total. The molecule has 2 aromatic carbocycles. The van der Waals surface area contributed by atoms with E-state index in [9.17, 15) is 21.6 Å². The molecule has 7 nitrogen and oxygen atoms in total. The van der Waals surface area contributed by atoms with Crippen LogP contribution in [0.25, 0.3) is 0 Å². The molecule has 9 heteroatoms. The minimum absolute atomic E-state index is 0.0381. The number of rotatable bonds is 8. The maximum Gasteiger partial charge on any atom is 0.240 e. The third kappa shape index (κ3) is 5.46. The Bertz CT molecular complexity index is 899. The lowest BCUT2D eigenvalue weighted by atomic mass is 10.2. The van der Waals surface area contributed by atoms with Crippen LogP contribution < -0.4 is 9.44 Å². The molecule has 0 atom stereocenters. The number of benzene rings is 2. The summed E-state index contributed by atoms with van der Waals surface area (Å²) in [6, 6.07) is 12.3. The number of sulfonamides is 2. The first-order chi connectivity index (χ1) is 12.1. The molecule has 2 rings (SSSR count). The highest BCUT2D eigenvalue weighted by Crippen LogP contribution is 2.10. The Morgan fingerprint density at radius 2 is 1.00 bits per heavy atom. The van der Waals surface area contributed by atoms with Crippen LogP contribution in [0.4, 0.5) is 0 Å². The maximum atomic E-state index is 12.1. The van der Waals surface area contributed by atoms with Crippen molar-refractivity contribution in [3.8, 4) is 0 Å². The van der Waals surface area contributed by atoms with Crippen molar-refractivity contribution in [3.05, 3.63) is 59.7 Å². The van der Waals surface area contributed by atoms with E-state index >= 15 is 0 Å². The molecule has 0 radical (unpaired) electrons. The second-order valence-corrected chi connectivity index (χ2v) is 9.35. The van der Waals surface area contributed by atoms with Gasteiger partial charge in [0, 0.05) is 0 Å². The van der Waals surface area contributed by atoms with Gasteiger partial charge in [-0.15, -0.1) is 0 Å². The van der Waals surface area contributed by atoms with Crippen LogP contribution in [0.2, 0.25) is 0 Å². The molecule has 0 saturated heterocycles. The number of ketones is 1. The minimum Gasteiger partial charge on any atom is -0.297 e. The zero-order valence-electron chi connectivity index (χ0n) is 14.4. The molecule has 0 aliphatic carbocycles. The molecule has 0 saturated carbocycles. The van der Waals surface area contributed by atoms with E-state index in [0.717, 1.165) is 11.1 Å². The third-order valence-corrected chi connectivity index (χ3v) is 6.42. The van der Waals surface area contributed by atoms with Crippen LogP contribution in [0, 0.1) is 13.8 Å². The van der Waals surface area contributed by atoms with Gasteiger partial charge in [-0.2, -0.15) is 0 Å². The monoisotopic (exact) mass is 396 g/mol. The zero-order chi connectivity index (χ0) is 19.4. The largest absolute Gasteiger partial charge is 0.297 e. The second-order valence-electron chi connectivity index (χ2n) is 5.81. The topological polar surface area (TPSA) is 109 Å². The molecule has 26 heavy (non-hydrogen) atoms. The van der Waals surface area contributed by atoms with Crippen LogP contribution >= 0.6 is 0 Å². The summed E-state index contributed by atoms with van der Waals surface area (Å²) in [5.41, 5.74) is 1.82. The van der Waals surface area contributed by atoms with Crippen molar-refractivity contribution in [2.45, 2.75) is 23.6 Å². The lowest BCUT2D eigenvalue weighted by Gasteiger charge is -2.08. The van der Waals surface area contributed by atoms with E-state index in [2.05, 4.69) is 9.44 Å². The fraction of sp³-hybridized carbons (Fsp3) is 0.235. The van der Waals surface area contributed by atoms with E-state index in [1.807, 2.05) is 13.8 Å². The van der Waals surface area contributed by atoms with E-state index in [4.69, 9.17) is 0 Å². The van der Waals surface area contributed by atoms with Crippen LogP contribution in [0.5, 0.6) is 0 Å². The number of aryl methyl sites for hydroxylation is 2. The van der Waals surface area contributed by atoms with Gasteiger partial charge in [0.2, 0.25) is 20.0 Å². The van der Waals surface area contributed by atoms with Gasteiger partial charge >= 0.3 is 0 Å². The molecule has 0 aliphatic heterocycles. The van der Waals surface area contributed by atoms with Crippen molar-refractivity contribution >= 4 is 25.8 Å². The lowest BCUT2D eigenvalue weighted by Crippen LogP contribution is -2.36. The van der Waals surface area contributed by atoms with E-state index in [1.54, 1.807) is 24.3 Å². The van der Waals surface area contributed by atoms with Gasteiger partial charge in [-0.25, -0.2) is 26.3 Å². The summed E-state index contributed by atoms with van der Waals surface area (Å²) in [7, 11) is -7.66. The molecule has 0 unspecified atom stereocenters. The highest BCUT2D eigenvalue weighted by Gasteiger charge is 2.18. The van der Waals surface area contributed by atoms with Gasteiger partial charge < -0.3 is 0 Å². The predicted octanol–water partition coefficient (Wildman–Crippen LogP) is 1.13. The molecule has 0 bridgehead atoms. The number of carbonyl (C=O) groups is 1. The molecular formula is C17H20N2O5S2. The smallest absolute Gasteiger partial charge is 0.240 e. The summed E-state index contributed by atoms with van der Waals surface area (Å²) in [5.74, 6) is -0.601. The molecule has 0 fully saturated rings. The molecule has 0 spiro atoms. The third-order valence-electron chi connectivity index (χ3n) is 3.58. The first-order valence-electron chi connectivity index (χ1n) is 7.74. The molecular weight excluding hydrogens is 376 g/mol. The van der Waals surface area contributed by atoms with Crippen LogP contribution in [0.15, 0.2) is 58.3 Å². The Morgan fingerprint density at radius 3 is 1.31 bits per heavy atom. The molecule has 0 aromatic heterocycles. The van der Waals surface area contributed by atoms with Crippen molar-refractivity contribution in [1.29, 1.82) is 0 Å². The Kier molecular flexibility index (Phi) is 6.30. The zero-order valence-corrected chi connectivity index (χ0v) is 16.0. The Morgan fingerprint density at radius 1 is 0.692 bits per heavy atom. The molecule has 140 valence electrons. The van der Waals surface area contributed by atoms with Crippen molar-refractivity contribution in [1.82, 2.24) is 9.44 Å². The summed E-state index contributed by atoms with van der Waals surface area (Å²) < 4.78 is 52.7. The highest BCUT2D eigenvalue weighted by atomic mass is 32.2. The first-order valence-corrected chi connectivity index (χ1v) is 10.7. The van der Waals surface area contributed by atoms with E-state index in [-0.39, 0.29) is 9.79 Å². The lowest BCUT2D eigenvalue weighted by molar-refractivity contribution is -0.116. The standard InChI is InChI=1S/C17H20N2O5S2/c1-13-3-7-16(8-4-13)25(21,22)18-11-15(20)12-19-26(23,24)17-9-5-14(2)6-10-17/h3-10,18-19H,11-12H2,1-2H3. The Balaban J connectivity index is 1.92. The number of carbonyl (C=O) groups excluding carboxylic acids is 1. The summed E-state index contributed by atoms with van der Waals surface area (Å²) in [6.07, 6.45) is 0. The van der Waals surface area contributed by atoms with Crippen molar-refractivity contribution in [2.24, 2.45) is 0 Å². The van der Waals surface area contributed by atoms with Gasteiger partial charge in [-0.1, -0.05) is 35.4 Å². The fourth-order valence-electron chi connectivity index (χ4n) is 2.02. The molecule has 0 aliphatic rings. The van der Waals surface area contributed by atoms with Crippen molar-refractivity contribution in [2.75, 3.05) is 13.1 Å². The summed E-state index contributed by atoms with van der Waals surface area (Å²) in [6.45, 7) is 2.64. The van der Waals surface area contributed by atoms with Crippen molar-refractivity contribution < 1.29 is 21.6 Å². The highest BCUT2D eigenvalue weighted by molar-refractivity contribution is 7.89. The van der Waals surface area contributed by atoms with Crippen LogP contribution in [-0.2, 0) is 24.8 Å². The maximum absolute atomic E-state index is 12.1. The van der Waals surface area contributed by atoms with E-state index < -0.39 is 38.9 Å². The van der Waals surface area contributed by atoms with Crippen molar-refractivity contribution in [3.63, 3.8) is 0 Å². The first kappa shape index (κ1) is 20.2. The van der Waals surface area contributed by atoms with Crippen LogP contribution in [0.3, 0.4) is 0 Å². The number of nitrogens with one attached hydrogen (secondary N) is 2. The predicted molar refractivity (Wildman–Crippen MR) is 97.7 cm³/mol. The normalized spacial score (nSPS) is 12.1. The summed E-state index contributed by atoms with van der Waals surface area (Å²) in [4.78, 5) is 11.9. The average molecular weight is 396 g/mol. The second kappa shape index (κ2) is 8.09. The van der Waals surface area contributed by atoms with E-state index in [1.165, 1.54) is 24.3 Å². The Labute approximate surface area is 153 Å². The molecule has 2 aromatic rings. The Hall–Kier alpha value is -2.07.